The van der Waals surface area contributed by atoms with E-state index in [9.17, 15) is 4.79 Å². The van der Waals surface area contributed by atoms with Gasteiger partial charge in [-0.05, 0) is 30.7 Å². The molecular weight excluding hydrogens is 274 g/mol. The van der Waals surface area contributed by atoms with Gasteiger partial charge < -0.3 is 10.4 Å². The lowest BCUT2D eigenvalue weighted by Gasteiger charge is -2.10. The number of hydrogen-bond acceptors (Lipinski definition) is 4. The minimum atomic E-state index is -0.168. The van der Waals surface area contributed by atoms with Crippen LogP contribution in [0.15, 0.2) is 29.6 Å². The third kappa shape index (κ3) is 3.13. The van der Waals surface area contributed by atoms with Crippen molar-refractivity contribution in [2.75, 3.05) is 19.4 Å². The highest BCUT2D eigenvalue weighted by Crippen LogP contribution is 2.19. The Bertz CT molecular complexity index is 597. The minimum absolute atomic E-state index is 0.140. The van der Waals surface area contributed by atoms with Crippen molar-refractivity contribution >= 4 is 23.2 Å². The maximum absolute atomic E-state index is 12.2. The normalized spacial score (nSPS) is 12.6. The molecule has 0 saturated heterocycles. The number of pyridine rings is 1. The Labute approximate surface area is 122 Å². The van der Waals surface area contributed by atoms with E-state index in [0.29, 0.717) is 18.7 Å². The van der Waals surface area contributed by atoms with Gasteiger partial charge in [-0.1, -0.05) is 24.8 Å². The Morgan fingerprint density at radius 3 is 3.05 bits per heavy atom. The largest absolute Gasteiger partial charge is 0.396 e. The van der Waals surface area contributed by atoms with Crippen LogP contribution in [0.5, 0.6) is 0 Å². The van der Waals surface area contributed by atoms with Gasteiger partial charge in [-0.15, -0.1) is 0 Å². The Hall–Kier alpha value is -1.53. The van der Waals surface area contributed by atoms with Crippen molar-refractivity contribution < 1.29 is 9.90 Å². The first-order chi connectivity index (χ1) is 9.67. The predicted octanol–water partition coefficient (Wildman–Crippen LogP) is 1.80. The molecule has 0 aliphatic rings. The van der Waals surface area contributed by atoms with E-state index in [0.717, 1.165) is 10.7 Å². The molecule has 2 N–H and O–H groups in total. The molecule has 0 spiro atoms. The smallest absolute Gasteiger partial charge is 0.272 e. The summed E-state index contributed by atoms with van der Waals surface area (Å²) >= 11 is 1.51. The highest BCUT2D eigenvalue weighted by Gasteiger charge is 2.17. The molecule has 20 heavy (non-hydrogen) atoms. The molecule has 1 atom stereocenters. The Balaban J connectivity index is 2.18. The summed E-state index contributed by atoms with van der Waals surface area (Å²) in [6.07, 6.45) is 4.52. The molecule has 0 aliphatic carbocycles. The van der Waals surface area contributed by atoms with Gasteiger partial charge in [0, 0.05) is 19.3 Å². The number of thioether (sulfide) groups is 1. The maximum Gasteiger partial charge on any atom is 0.272 e. The van der Waals surface area contributed by atoms with Crippen LogP contribution in [0.3, 0.4) is 0 Å². The van der Waals surface area contributed by atoms with Crippen molar-refractivity contribution in [1.82, 2.24) is 14.7 Å². The van der Waals surface area contributed by atoms with Gasteiger partial charge in [0.25, 0.3) is 5.91 Å². The van der Waals surface area contributed by atoms with Gasteiger partial charge >= 0.3 is 0 Å². The first-order valence-electron chi connectivity index (χ1n) is 6.57. The van der Waals surface area contributed by atoms with E-state index >= 15 is 0 Å². The summed E-state index contributed by atoms with van der Waals surface area (Å²) in [7, 11) is 0. The SMILES string of the molecule is CSc1nc(C(=O)NCC(C)CCO)c2ccccn12. The van der Waals surface area contributed by atoms with E-state index in [2.05, 4.69) is 10.3 Å². The van der Waals surface area contributed by atoms with E-state index in [1.165, 1.54) is 11.8 Å². The van der Waals surface area contributed by atoms with Gasteiger partial charge in [0.05, 0.1) is 5.52 Å². The topological polar surface area (TPSA) is 66.6 Å². The van der Waals surface area contributed by atoms with Crippen molar-refractivity contribution in [3.8, 4) is 0 Å². The number of aliphatic hydroxyl groups excluding tert-OH is 1. The number of hydrogen-bond donors (Lipinski definition) is 2. The summed E-state index contributed by atoms with van der Waals surface area (Å²) in [4.78, 5) is 16.6. The number of fused-ring (bicyclic) bond motifs is 1. The van der Waals surface area contributed by atoms with E-state index in [1.807, 2.05) is 42.0 Å². The Kier molecular flexibility index (Phi) is 5.03. The van der Waals surface area contributed by atoms with Crippen molar-refractivity contribution in [2.45, 2.75) is 18.5 Å². The standard InChI is InChI=1S/C14H19N3O2S/c1-10(6-8-18)9-15-13(19)12-11-5-3-4-7-17(11)14(16-12)20-2/h3-5,7,10,18H,6,8-9H2,1-2H3,(H,15,19). The fourth-order valence-electron chi connectivity index (χ4n) is 1.99. The first-order valence-corrected chi connectivity index (χ1v) is 7.80. The van der Waals surface area contributed by atoms with Crippen LogP contribution in [0.25, 0.3) is 5.52 Å². The number of imidazole rings is 1. The lowest BCUT2D eigenvalue weighted by Crippen LogP contribution is -2.29. The molecule has 0 saturated carbocycles. The van der Waals surface area contributed by atoms with Crippen molar-refractivity contribution in [2.24, 2.45) is 5.92 Å². The third-order valence-corrected chi connectivity index (χ3v) is 3.80. The lowest BCUT2D eigenvalue weighted by atomic mass is 10.1. The average molecular weight is 293 g/mol. The zero-order chi connectivity index (χ0) is 14.5. The number of aliphatic hydroxyl groups is 1. The second-order valence-electron chi connectivity index (χ2n) is 4.73. The van der Waals surface area contributed by atoms with Gasteiger partial charge in [0.15, 0.2) is 10.9 Å². The molecule has 0 aromatic carbocycles. The summed E-state index contributed by atoms with van der Waals surface area (Å²) < 4.78 is 1.91. The molecule has 1 amide bonds. The molecule has 5 nitrogen and oxygen atoms in total. The van der Waals surface area contributed by atoms with Crippen LogP contribution in [0.4, 0.5) is 0 Å². The Morgan fingerprint density at radius 1 is 1.55 bits per heavy atom. The highest BCUT2D eigenvalue weighted by atomic mass is 32.2. The van der Waals surface area contributed by atoms with Gasteiger partial charge in [-0.2, -0.15) is 0 Å². The second kappa shape index (κ2) is 6.76. The summed E-state index contributed by atoms with van der Waals surface area (Å²) in [5.41, 5.74) is 1.26. The van der Waals surface area contributed by atoms with E-state index in [-0.39, 0.29) is 18.4 Å². The average Bonchev–Trinajstić information content (AvgIpc) is 2.84. The van der Waals surface area contributed by atoms with Gasteiger partial charge in [-0.25, -0.2) is 4.98 Å². The summed E-state index contributed by atoms with van der Waals surface area (Å²) in [5, 5.41) is 12.5. The van der Waals surface area contributed by atoms with Crippen LogP contribution in [-0.4, -0.2) is 39.8 Å². The zero-order valence-electron chi connectivity index (χ0n) is 11.7. The molecule has 2 aromatic rings. The molecule has 2 aromatic heterocycles. The van der Waals surface area contributed by atoms with Crippen molar-refractivity contribution in [3.05, 3.63) is 30.1 Å². The predicted molar refractivity (Wildman–Crippen MR) is 80.2 cm³/mol. The molecule has 108 valence electrons. The molecule has 1 unspecified atom stereocenters. The monoisotopic (exact) mass is 293 g/mol. The van der Waals surface area contributed by atoms with Crippen LogP contribution in [0.2, 0.25) is 0 Å². The van der Waals surface area contributed by atoms with Gasteiger partial charge in [0.2, 0.25) is 0 Å². The molecule has 0 radical (unpaired) electrons. The fourth-order valence-corrected chi connectivity index (χ4v) is 2.53. The molecule has 2 rings (SSSR count). The van der Waals surface area contributed by atoms with E-state index in [4.69, 9.17) is 5.11 Å². The van der Waals surface area contributed by atoms with Crippen molar-refractivity contribution in [1.29, 1.82) is 0 Å². The number of rotatable bonds is 6. The third-order valence-electron chi connectivity index (χ3n) is 3.15. The molecule has 0 fully saturated rings. The number of amides is 1. The second-order valence-corrected chi connectivity index (χ2v) is 5.50. The lowest BCUT2D eigenvalue weighted by molar-refractivity contribution is 0.0942. The summed E-state index contributed by atoms with van der Waals surface area (Å²) in [6, 6.07) is 5.70. The molecule has 0 aliphatic heterocycles. The van der Waals surface area contributed by atoms with Gasteiger partial charge in [0.1, 0.15) is 0 Å². The molecule has 0 bridgehead atoms. The minimum Gasteiger partial charge on any atom is -0.396 e. The number of nitrogens with one attached hydrogen (secondary N) is 1. The zero-order valence-corrected chi connectivity index (χ0v) is 12.5. The van der Waals surface area contributed by atoms with E-state index in [1.54, 1.807) is 0 Å². The quantitative estimate of drug-likeness (QED) is 0.797. The maximum atomic E-state index is 12.2. The molecule has 2 heterocycles. The van der Waals surface area contributed by atoms with Crippen LogP contribution in [0, 0.1) is 5.92 Å². The molecular formula is C14H19N3O2S. The van der Waals surface area contributed by atoms with Gasteiger partial charge in [-0.3, -0.25) is 9.20 Å². The van der Waals surface area contributed by atoms with Crippen LogP contribution < -0.4 is 5.32 Å². The molecule has 6 heteroatoms. The summed E-state index contributed by atoms with van der Waals surface area (Å²) in [5.74, 6) is 0.0802. The number of nitrogens with zero attached hydrogens (tertiary/aromatic N) is 2. The van der Waals surface area contributed by atoms with E-state index < -0.39 is 0 Å². The van der Waals surface area contributed by atoms with Crippen molar-refractivity contribution in [3.63, 3.8) is 0 Å². The first kappa shape index (κ1) is 14.9. The number of carbonyl (C=O) groups excluding carboxylic acids is 1. The van der Waals surface area contributed by atoms with Crippen LogP contribution in [-0.2, 0) is 0 Å². The Morgan fingerprint density at radius 2 is 2.35 bits per heavy atom. The highest BCUT2D eigenvalue weighted by molar-refractivity contribution is 7.98. The fraction of sp³-hybridized carbons (Fsp3) is 0.429. The summed E-state index contributed by atoms with van der Waals surface area (Å²) in [6.45, 7) is 2.68. The van der Waals surface area contributed by atoms with Crippen LogP contribution >= 0.6 is 11.8 Å². The number of aromatic nitrogens is 2. The van der Waals surface area contributed by atoms with Crippen LogP contribution in [0.1, 0.15) is 23.8 Å². The number of carbonyl (C=O) groups is 1.